The number of rotatable bonds is 6. The Morgan fingerprint density at radius 3 is 1.48 bits per heavy atom. The van der Waals surface area contributed by atoms with Gasteiger partial charge >= 0.3 is 6.18 Å². The molecule has 66 heavy (non-hydrogen) atoms. The van der Waals surface area contributed by atoms with Gasteiger partial charge in [0.05, 0.1) is 56.6 Å². The lowest BCUT2D eigenvalue weighted by molar-refractivity contribution is -0.137. The molecule has 11 rings (SSSR count). The fourth-order valence-electron chi connectivity index (χ4n) is 9.84. The Balaban J connectivity index is 1.22. The van der Waals surface area contributed by atoms with Gasteiger partial charge in [-0.2, -0.15) is 23.7 Å². The van der Waals surface area contributed by atoms with Crippen molar-refractivity contribution in [3.8, 4) is 68.0 Å². The standard InChI is InChI=1S/C59H37F3N4/c1-36-11-3-5-13-43(36)40-21-27-56-51(31-40)47-15-7-9-17-54(47)65(56)42-23-25-45(46-24-19-39(35-64)30-53(46)59(60,61)62)49(33-42)50-29-38(34-63)20-26-57(50)66-55-18-10-8-16-48(55)52-32-41(22-28-58(52)66)44-14-6-4-12-37(44)2/h3-33H,1-2H3. The molecule has 2 heterocycles. The minimum absolute atomic E-state index is 0.0773. The van der Waals surface area contributed by atoms with Crippen molar-refractivity contribution in [3.05, 3.63) is 216 Å². The second kappa shape index (κ2) is 15.6. The first-order valence-electron chi connectivity index (χ1n) is 21.6. The predicted molar refractivity (Wildman–Crippen MR) is 261 cm³/mol. The maximum atomic E-state index is 15.2. The van der Waals surface area contributed by atoms with Gasteiger partial charge in [0.1, 0.15) is 0 Å². The monoisotopic (exact) mass is 858 g/mol. The fourth-order valence-corrected chi connectivity index (χ4v) is 9.84. The molecule has 0 fully saturated rings. The molecule has 0 aliphatic heterocycles. The number of halogens is 3. The number of nitrogens with zero attached hydrogens (tertiary/aromatic N) is 4. The van der Waals surface area contributed by atoms with Crippen LogP contribution in [0.2, 0.25) is 0 Å². The van der Waals surface area contributed by atoms with E-state index < -0.39 is 11.7 Å². The molecule has 7 heteroatoms. The first-order valence-corrected chi connectivity index (χ1v) is 21.6. The average Bonchev–Trinajstić information content (AvgIpc) is 3.85. The van der Waals surface area contributed by atoms with Crippen LogP contribution in [0.15, 0.2) is 188 Å². The van der Waals surface area contributed by atoms with E-state index in [2.05, 4.69) is 108 Å². The van der Waals surface area contributed by atoms with Gasteiger partial charge < -0.3 is 9.13 Å². The molecular weight excluding hydrogens is 822 g/mol. The quantitative estimate of drug-likeness (QED) is 0.167. The Bertz CT molecular complexity index is 3870. The summed E-state index contributed by atoms with van der Waals surface area (Å²) in [6.07, 6.45) is -4.78. The number of para-hydroxylation sites is 2. The minimum atomic E-state index is -4.78. The Morgan fingerprint density at radius 1 is 0.394 bits per heavy atom. The molecule has 0 radical (unpaired) electrons. The number of nitriles is 2. The fraction of sp³-hybridized carbons (Fsp3) is 0.0508. The number of hydrogen-bond donors (Lipinski definition) is 0. The van der Waals surface area contributed by atoms with Crippen molar-refractivity contribution in [1.29, 1.82) is 10.5 Å². The third-order valence-corrected chi connectivity index (χ3v) is 12.9. The van der Waals surface area contributed by atoms with Crippen LogP contribution < -0.4 is 0 Å². The lowest BCUT2D eigenvalue weighted by Gasteiger charge is -2.21. The smallest absolute Gasteiger partial charge is 0.309 e. The first kappa shape index (κ1) is 40.1. The third-order valence-electron chi connectivity index (χ3n) is 12.9. The van der Waals surface area contributed by atoms with Crippen LogP contribution in [0.25, 0.3) is 99.5 Å². The SMILES string of the molecule is Cc1ccccc1-c1ccc2c(c1)c1ccccc1n2-c1ccc(-c2ccc(C#N)cc2C(F)(F)F)c(-c2cc(C#N)ccc2-n2c3ccccc3c3cc(-c4ccccc4C)ccc32)c1. The Kier molecular flexibility index (Phi) is 9.46. The molecule has 2 aromatic heterocycles. The zero-order chi connectivity index (χ0) is 45.3. The summed E-state index contributed by atoms with van der Waals surface area (Å²) in [5.74, 6) is 0. The average molecular weight is 859 g/mol. The highest BCUT2D eigenvalue weighted by molar-refractivity contribution is 6.12. The molecule has 314 valence electrons. The highest BCUT2D eigenvalue weighted by Gasteiger charge is 2.35. The van der Waals surface area contributed by atoms with E-state index >= 15 is 13.2 Å². The summed E-state index contributed by atoms with van der Waals surface area (Å²) in [6.45, 7) is 4.19. The summed E-state index contributed by atoms with van der Waals surface area (Å²) in [5.41, 5.74) is 12.4. The summed E-state index contributed by atoms with van der Waals surface area (Å²) in [4.78, 5) is 0. The molecule has 4 nitrogen and oxygen atoms in total. The molecule has 0 saturated heterocycles. The molecule has 0 spiro atoms. The molecule has 0 bridgehead atoms. The van der Waals surface area contributed by atoms with Crippen molar-refractivity contribution in [2.24, 2.45) is 0 Å². The predicted octanol–water partition coefficient (Wildman–Crippen LogP) is 15.9. The van der Waals surface area contributed by atoms with E-state index in [1.54, 1.807) is 18.2 Å². The van der Waals surface area contributed by atoms with Crippen LogP contribution >= 0.6 is 0 Å². The van der Waals surface area contributed by atoms with Gasteiger partial charge in [0.25, 0.3) is 0 Å². The molecular formula is C59H37F3N4. The Hall–Kier alpha value is -8.65. The molecule has 0 aliphatic rings. The first-order chi connectivity index (χ1) is 32.1. The normalized spacial score (nSPS) is 11.7. The zero-order valence-electron chi connectivity index (χ0n) is 35.8. The van der Waals surface area contributed by atoms with E-state index in [4.69, 9.17) is 0 Å². The topological polar surface area (TPSA) is 57.4 Å². The highest BCUT2D eigenvalue weighted by atomic mass is 19.4. The summed E-state index contributed by atoms with van der Waals surface area (Å²) >= 11 is 0. The lowest BCUT2D eigenvalue weighted by atomic mass is 9.89. The van der Waals surface area contributed by atoms with Gasteiger partial charge in [0, 0.05) is 32.8 Å². The molecule has 0 amide bonds. The molecule has 0 saturated carbocycles. The van der Waals surface area contributed by atoms with Crippen LogP contribution in [0.4, 0.5) is 13.2 Å². The maximum absolute atomic E-state index is 15.2. The molecule has 9 aromatic carbocycles. The number of benzene rings is 9. The van der Waals surface area contributed by atoms with Crippen LogP contribution in [0, 0.1) is 36.5 Å². The van der Waals surface area contributed by atoms with Gasteiger partial charge in [-0.3, -0.25) is 0 Å². The maximum Gasteiger partial charge on any atom is 0.417 e. The van der Waals surface area contributed by atoms with Crippen LogP contribution in [0.5, 0.6) is 0 Å². The number of hydrogen-bond acceptors (Lipinski definition) is 2. The van der Waals surface area contributed by atoms with Crippen molar-refractivity contribution in [3.63, 3.8) is 0 Å². The van der Waals surface area contributed by atoms with Gasteiger partial charge in [0.15, 0.2) is 0 Å². The summed E-state index contributed by atoms with van der Waals surface area (Å²) in [7, 11) is 0. The molecule has 0 unspecified atom stereocenters. The van der Waals surface area contributed by atoms with Crippen molar-refractivity contribution in [2.45, 2.75) is 20.0 Å². The van der Waals surface area contributed by atoms with Crippen molar-refractivity contribution >= 4 is 43.6 Å². The Labute approximate surface area is 378 Å². The van der Waals surface area contributed by atoms with Crippen molar-refractivity contribution in [1.82, 2.24) is 9.13 Å². The van der Waals surface area contributed by atoms with Crippen molar-refractivity contribution < 1.29 is 13.2 Å². The summed E-state index contributed by atoms with van der Waals surface area (Å²) in [6, 6.07) is 64.6. The third kappa shape index (κ3) is 6.52. The van der Waals surface area contributed by atoms with E-state index in [0.29, 0.717) is 27.9 Å². The number of aryl methyl sites for hydroxylation is 2. The minimum Gasteiger partial charge on any atom is -0.309 e. The lowest BCUT2D eigenvalue weighted by Crippen LogP contribution is -2.08. The molecule has 0 N–H and O–H groups in total. The second-order valence-corrected chi connectivity index (χ2v) is 16.7. The summed E-state index contributed by atoms with van der Waals surface area (Å²) in [5, 5.41) is 24.3. The molecule has 0 aliphatic carbocycles. The molecule has 11 aromatic rings. The van der Waals surface area contributed by atoms with Gasteiger partial charge in [-0.1, -0.05) is 109 Å². The van der Waals surface area contributed by atoms with Crippen LogP contribution in [0.1, 0.15) is 27.8 Å². The Morgan fingerprint density at radius 2 is 0.894 bits per heavy atom. The highest BCUT2D eigenvalue weighted by Crippen LogP contribution is 2.46. The van der Waals surface area contributed by atoms with Gasteiger partial charge in [0.2, 0.25) is 0 Å². The number of aromatic nitrogens is 2. The van der Waals surface area contributed by atoms with Gasteiger partial charge in [-0.25, -0.2) is 0 Å². The van der Waals surface area contributed by atoms with Crippen LogP contribution in [0.3, 0.4) is 0 Å². The van der Waals surface area contributed by atoms with Crippen LogP contribution in [-0.4, -0.2) is 9.13 Å². The number of alkyl halides is 3. The van der Waals surface area contributed by atoms with E-state index in [9.17, 15) is 10.5 Å². The van der Waals surface area contributed by atoms with Gasteiger partial charge in [-0.05, 0) is 143 Å². The second-order valence-electron chi connectivity index (χ2n) is 16.7. The van der Waals surface area contributed by atoms with Crippen LogP contribution in [-0.2, 0) is 6.18 Å². The summed E-state index contributed by atoms with van der Waals surface area (Å²) < 4.78 is 49.9. The van der Waals surface area contributed by atoms with E-state index in [1.165, 1.54) is 12.1 Å². The zero-order valence-corrected chi connectivity index (χ0v) is 35.8. The van der Waals surface area contributed by atoms with E-state index in [0.717, 1.165) is 88.7 Å². The van der Waals surface area contributed by atoms with Crippen molar-refractivity contribution in [2.75, 3.05) is 0 Å². The van der Waals surface area contributed by atoms with E-state index in [-0.39, 0.29) is 11.1 Å². The number of fused-ring (bicyclic) bond motifs is 6. The molecule has 0 atom stereocenters. The van der Waals surface area contributed by atoms with Gasteiger partial charge in [-0.15, -0.1) is 0 Å². The van der Waals surface area contributed by atoms with E-state index in [1.807, 2.05) is 78.9 Å². The largest absolute Gasteiger partial charge is 0.417 e.